The molecule has 2 N–H and O–H groups in total. The summed E-state index contributed by atoms with van der Waals surface area (Å²) in [5.74, 6) is -0.107. The third kappa shape index (κ3) is 2.89. The van der Waals surface area contributed by atoms with E-state index in [1.807, 2.05) is 26.8 Å². The van der Waals surface area contributed by atoms with Crippen LogP contribution in [0.25, 0.3) is 0 Å². The van der Waals surface area contributed by atoms with Crippen molar-refractivity contribution in [1.82, 2.24) is 5.32 Å². The first-order chi connectivity index (χ1) is 7.45. The van der Waals surface area contributed by atoms with Gasteiger partial charge in [-0.15, -0.1) is 0 Å². The lowest BCUT2D eigenvalue weighted by Gasteiger charge is -2.14. The summed E-state index contributed by atoms with van der Waals surface area (Å²) in [5.41, 5.74) is 2.37. The van der Waals surface area contributed by atoms with Gasteiger partial charge in [-0.05, 0) is 38.5 Å². The van der Waals surface area contributed by atoms with Crippen molar-refractivity contribution in [3.63, 3.8) is 0 Å². The molecule has 0 aliphatic heterocycles. The number of amides is 1. The highest BCUT2D eigenvalue weighted by molar-refractivity contribution is 6.31. The summed E-state index contributed by atoms with van der Waals surface area (Å²) in [4.78, 5) is 11.9. The summed E-state index contributed by atoms with van der Waals surface area (Å²) in [6.45, 7) is 5.77. The fourth-order valence-electron chi connectivity index (χ4n) is 1.59. The molecular weight excluding hydrogens is 224 g/mol. The molecule has 0 fully saturated rings. The van der Waals surface area contributed by atoms with E-state index in [1.165, 1.54) is 0 Å². The van der Waals surface area contributed by atoms with Gasteiger partial charge in [0, 0.05) is 23.8 Å². The fourth-order valence-corrected chi connectivity index (χ4v) is 1.87. The van der Waals surface area contributed by atoms with Gasteiger partial charge in [0.25, 0.3) is 5.91 Å². The molecule has 3 nitrogen and oxygen atoms in total. The zero-order valence-electron chi connectivity index (χ0n) is 10.0. The van der Waals surface area contributed by atoms with Crippen molar-refractivity contribution in [2.24, 2.45) is 0 Å². The number of hydrogen-bond donors (Lipinski definition) is 2. The second-order valence-corrected chi connectivity index (χ2v) is 4.46. The third-order valence-corrected chi connectivity index (χ3v) is 2.43. The Labute approximate surface area is 101 Å². The minimum Gasteiger partial charge on any atom is -0.387 e. The van der Waals surface area contributed by atoms with Crippen LogP contribution in [0.1, 0.15) is 29.8 Å². The van der Waals surface area contributed by atoms with E-state index >= 15 is 0 Å². The van der Waals surface area contributed by atoms with Gasteiger partial charge in [0.2, 0.25) is 0 Å². The lowest BCUT2D eigenvalue weighted by atomic mass is 10.1. The Morgan fingerprint density at radius 1 is 1.38 bits per heavy atom. The summed E-state index contributed by atoms with van der Waals surface area (Å²) in [7, 11) is 1.79. The van der Waals surface area contributed by atoms with Crippen LogP contribution < -0.4 is 10.6 Å². The number of halogens is 1. The normalized spacial score (nSPS) is 10.4. The highest BCUT2D eigenvalue weighted by atomic mass is 35.5. The van der Waals surface area contributed by atoms with Crippen molar-refractivity contribution in [3.8, 4) is 0 Å². The maximum absolute atomic E-state index is 11.9. The van der Waals surface area contributed by atoms with Gasteiger partial charge < -0.3 is 10.6 Å². The van der Waals surface area contributed by atoms with E-state index in [-0.39, 0.29) is 11.9 Å². The lowest BCUT2D eigenvalue weighted by molar-refractivity contribution is 0.0944. The van der Waals surface area contributed by atoms with Gasteiger partial charge in [-0.1, -0.05) is 11.6 Å². The van der Waals surface area contributed by atoms with Crippen LogP contribution >= 0.6 is 11.6 Å². The number of aryl methyl sites for hydroxylation is 1. The Bertz CT molecular complexity index is 402. The lowest BCUT2D eigenvalue weighted by Crippen LogP contribution is -2.30. The zero-order chi connectivity index (χ0) is 12.3. The largest absolute Gasteiger partial charge is 0.387 e. The van der Waals surface area contributed by atoms with Gasteiger partial charge in [-0.2, -0.15) is 0 Å². The smallest absolute Gasteiger partial charge is 0.253 e. The third-order valence-electron chi connectivity index (χ3n) is 2.21. The van der Waals surface area contributed by atoms with Crippen LogP contribution in [-0.2, 0) is 0 Å². The summed E-state index contributed by atoms with van der Waals surface area (Å²) in [6, 6.07) is 3.62. The molecule has 88 valence electrons. The number of nitrogens with one attached hydrogen (secondary N) is 2. The SMILES string of the molecule is CNc1c(C)cc(Cl)cc1C(=O)NC(C)C. The second kappa shape index (κ2) is 5.21. The van der Waals surface area contributed by atoms with Gasteiger partial charge in [0.15, 0.2) is 0 Å². The van der Waals surface area contributed by atoms with Crippen LogP contribution in [-0.4, -0.2) is 19.0 Å². The standard InChI is InChI=1S/C12H17ClN2O/c1-7(2)15-12(16)10-6-9(13)5-8(3)11(10)14-4/h5-7,14H,1-4H3,(H,15,16). The van der Waals surface area contributed by atoms with Crippen molar-refractivity contribution >= 4 is 23.2 Å². The van der Waals surface area contributed by atoms with Crippen LogP contribution in [0.5, 0.6) is 0 Å². The first-order valence-electron chi connectivity index (χ1n) is 5.24. The Morgan fingerprint density at radius 2 is 2.00 bits per heavy atom. The maximum atomic E-state index is 11.9. The molecule has 0 radical (unpaired) electrons. The Balaban J connectivity index is 3.15. The van der Waals surface area contributed by atoms with Crippen molar-refractivity contribution in [3.05, 3.63) is 28.3 Å². The second-order valence-electron chi connectivity index (χ2n) is 4.02. The number of rotatable bonds is 3. The highest BCUT2D eigenvalue weighted by Gasteiger charge is 2.14. The molecule has 16 heavy (non-hydrogen) atoms. The van der Waals surface area contributed by atoms with Crippen molar-refractivity contribution in [1.29, 1.82) is 0 Å². The molecule has 4 heteroatoms. The Hall–Kier alpha value is -1.22. The molecule has 1 rings (SSSR count). The van der Waals surface area contributed by atoms with E-state index in [4.69, 9.17) is 11.6 Å². The van der Waals surface area contributed by atoms with Crippen LogP contribution in [0.4, 0.5) is 5.69 Å². The van der Waals surface area contributed by atoms with E-state index in [0.717, 1.165) is 11.3 Å². The van der Waals surface area contributed by atoms with Gasteiger partial charge in [-0.3, -0.25) is 4.79 Å². The summed E-state index contributed by atoms with van der Waals surface area (Å²) >= 11 is 5.95. The van der Waals surface area contributed by atoms with Gasteiger partial charge >= 0.3 is 0 Å². The maximum Gasteiger partial charge on any atom is 0.253 e. The molecule has 0 aliphatic rings. The van der Waals surface area contributed by atoms with Crippen molar-refractivity contribution in [2.45, 2.75) is 26.8 Å². The number of anilines is 1. The Morgan fingerprint density at radius 3 is 2.50 bits per heavy atom. The average Bonchev–Trinajstić information content (AvgIpc) is 2.15. The summed E-state index contributed by atoms with van der Waals surface area (Å²) < 4.78 is 0. The first kappa shape index (κ1) is 12.8. The molecule has 0 saturated carbocycles. The van der Waals surface area contributed by atoms with Crippen LogP contribution in [0.15, 0.2) is 12.1 Å². The highest BCUT2D eigenvalue weighted by Crippen LogP contribution is 2.25. The number of benzene rings is 1. The monoisotopic (exact) mass is 240 g/mol. The zero-order valence-corrected chi connectivity index (χ0v) is 10.8. The van der Waals surface area contributed by atoms with E-state index < -0.39 is 0 Å². The molecule has 1 amide bonds. The minimum absolute atomic E-state index is 0.107. The quantitative estimate of drug-likeness (QED) is 0.853. The number of carbonyl (C=O) groups is 1. The van der Waals surface area contributed by atoms with E-state index in [0.29, 0.717) is 10.6 Å². The summed E-state index contributed by atoms with van der Waals surface area (Å²) in [5, 5.41) is 6.45. The van der Waals surface area contributed by atoms with Crippen LogP contribution in [0, 0.1) is 6.92 Å². The topological polar surface area (TPSA) is 41.1 Å². The van der Waals surface area contributed by atoms with Crippen LogP contribution in [0.3, 0.4) is 0 Å². The molecule has 0 bridgehead atoms. The van der Waals surface area contributed by atoms with Gasteiger partial charge in [0.1, 0.15) is 0 Å². The minimum atomic E-state index is -0.107. The molecule has 0 spiro atoms. The fraction of sp³-hybridized carbons (Fsp3) is 0.417. The molecule has 0 aliphatic carbocycles. The van der Waals surface area contributed by atoms with E-state index in [2.05, 4.69) is 10.6 Å². The number of carbonyl (C=O) groups excluding carboxylic acids is 1. The molecular formula is C12H17ClN2O. The summed E-state index contributed by atoms with van der Waals surface area (Å²) in [6.07, 6.45) is 0. The van der Waals surface area contributed by atoms with Crippen molar-refractivity contribution in [2.75, 3.05) is 12.4 Å². The molecule has 0 unspecified atom stereocenters. The van der Waals surface area contributed by atoms with E-state index in [1.54, 1.807) is 13.1 Å². The van der Waals surface area contributed by atoms with Crippen LogP contribution in [0.2, 0.25) is 5.02 Å². The molecule has 0 aromatic heterocycles. The van der Waals surface area contributed by atoms with Gasteiger partial charge in [-0.25, -0.2) is 0 Å². The van der Waals surface area contributed by atoms with E-state index in [9.17, 15) is 4.79 Å². The molecule has 1 aromatic carbocycles. The average molecular weight is 241 g/mol. The molecule has 0 saturated heterocycles. The van der Waals surface area contributed by atoms with Gasteiger partial charge in [0.05, 0.1) is 5.56 Å². The van der Waals surface area contributed by atoms with Crippen molar-refractivity contribution < 1.29 is 4.79 Å². The molecule has 1 aromatic rings. The molecule has 0 atom stereocenters. The Kier molecular flexibility index (Phi) is 4.19. The predicted octanol–water partition coefficient (Wildman–Crippen LogP) is 2.83. The predicted molar refractivity (Wildman–Crippen MR) is 68.3 cm³/mol. The first-order valence-corrected chi connectivity index (χ1v) is 5.62. The molecule has 0 heterocycles. The number of hydrogen-bond acceptors (Lipinski definition) is 2.